The predicted octanol–water partition coefficient (Wildman–Crippen LogP) is 2.36. The highest BCUT2D eigenvalue weighted by Crippen LogP contribution is 2.15. The van der Waals surface area contributed by atoms with Gasteiger partial charge >= 0.3 is 0 Å². The van der Waals surface area contributed by atoms with Crippen molar-refractivity contribution in [3.8, 4) is 5.82 Å². The lowest BCUT2D eigenvalue weighted by molar-refractivity contribution is -0.00834. The molecule has 1 aliphatic heterocycles. The first-order valence-electron chi connectivity index (χ1n) is 10.3. The Kier molecular flexibility index (Phi) is 9.50. The molecular formula is C21H34IN7O. The van der Waals surface area contributed by atoms with Crippen LogP contribution in [0.2, 0.25) is 0 Å². The highest BCUT2D eigenvalue weighted by Gasteiger charge is 2.28. The molecule has 30 heavy (non-hydrogen) atoms. The van der Waals surface area contributed by atoms with E-state index in [0.717, 1.165) is 62.6 Å². The van der Waals surface area contributed by atoms with Crippen molar-refractivity contribution in [1.29, 1.82) is 0 Å². The molecule has 0 aliphatic carbocycles. The summed E-state index contributed by atoms with van der Waals surface area (Å²) in [5.74, 6) is 2.61. The van der Waals surface area contributed by atoms with Gasteiger partial charge < -0.3 is 15.4 Å². The van der Waals surface area contributed by atoms with Crippen LogP contribution in [0.3, 0.4) is 0 Å². The van der Waals surface area contributed by atoms with Crippen molar-refractivity contribution in [1.82, 2.24) is 30.1 Å². The van der Waals surface area contributed by atoms with E-state index in [4.69, 9.17) is 9.73 Å². The van der Waals surface area contributed by atoms with Crippen LogP contribution in [0.4, 0.5) is 0 Å². The maximum absolute atomic E-state index is 5.48. The molecule has 0 saturated carbocycles. The third-order valence-corrected chi connectivity index (χ3v) is 5.20. The molecular weight excluding hydrogens is 493 g/mol. The zero-order chi connectivity index (χ0) is 20.7. The first-order valence-corrected chi connectivity index (χ1v) is 10.3. The quantitative estimate of drug-likeness (QED) is 0.327. The molecule has 0 aromatic carbocycles. The molecule has 2 N–H and O–H groups in total. The molecule has 1 aliphatic rings. The summed E-state index contributed by atoms with van der Waals surface area (Å²) in [6, 6.07) is 4.06. The highest BCUT2D eigenvalue weighted by atomic mass is 127. The van der Waals surface area contributed by atoms with Gasteiger partial charge in [0.2, 0.25) is 0 Å². The molecule has 2 aromatic rings. The summed E-state index contributed by atoms with van der Waals surface area (Å²) in [6.07, 6.45) is 5.57. The van der Waals surface area contributed by atoms with Crippen LogP contribution in [0, 0.1) is 6.92 Å². The second-order valence-electron chi connectivity index (χ2n) is 7.83. The van der Waals surface area contributed by atoms with Gasteiger partial charge in [-0.25, -0.2) is 15.0 Å². The maximum atomic E-state index is 5.48. The fourth-order valence-corrected chi connectivity index (χ4v) is 3.37. The molecule has 0 radical (unpaired) electrons. The standard InChI is InChI=1S/C21H33N7O.HI/c1-5-22-20(26-16-21(3,4)27-10-12-29-13-11-27)25-15-18-6-7-19(24-14-18)28-9-8-23-17(28)2;/h6-9,14H,5,10-13,15-16H2,1-4H3,(H2,22,25,26);1H. The van der Waals surface area contributed by atoms with Crippen LogP contribution < -0.4 is 10.6 Å². The highest BCUT2D eigenvalue weighted by molar-refractivity contribution is 14.0. The van der Waals surface area contributed by atoms with E-state index in [9.17, 15) is 0 Å². The lowest BCUT2D eigenvalue weighted by atomic mass is 10.0. The second kappa shape index (κ2) is 11.6. The summed E-state index contributed by atoms with van der Waals surface area (Å²) in [5.41, 5.74) is 1.10. The van der Waals surface area contributed by atoms with Crippen LogP contribution in [-0.2, 0) is 11.3 Å². The van der Waals surface area contributed by atoms with E-state index < -0.39 is 0 Å². The smallest absolute Gasteiger partial charge is 0.191 e. The minimum absolute atomic E-state index is 0. The van der Waals surface area contributed by atoms with Crippen molar-refractivity contribution in [2.24, 2.45) is 4.99 Å². The predicted molar refractivity (Wildman–Crippen MR) is 131 cm³/mol. The Bertz CT molecular complexity index is 798. The number of halogens is 1. The van der Waals surface area contributed by atoms with Crippen molar-refractivity contribution < 1.29 is 4.74 Å². The molecule has 0 spiro atoms. The van der Waals surface area contributed by atoms with Crippen LogP contribution in [-0.4, -0.2) is 70.3 Å². The van der Waals surface area contributed by atoms with Gasteiger partial charge in [0, 0.05) is 50.3 Å². The molecule has 8 nitrogen and oxygen atoms in total. The van der Waals surface area contributed by atoms with Gasteiger partial charge in [-0.15, -0.1) is 24.0 Å². The first-order chi connectivity index (χ1) is 14.0. The van der Waals surface area contributed by atoms with Gasteiger partial charge in [0.1, 0.15) is 11.6 Å². The average molecular weight is 527 g/mol. The number of nitrogens with zero attached hydrogens (tertiary/aromatic N) is 5. The van der Waals surface area contributed by atoms with Gasteiger partial charge in [-0.3, -0.25) is 9.47 Å². The number of morpholine rings is 1. The average Bonchev–Trinajstić information content (AvgIpc) is 3.17. The fraction of sp³-hybridized carbons (Fsp3) is 0.571. The first kappa shape index (κ1) is 24.5. The van der Waals surface area contributed by atoms with E-state index in [0.29, 0.717) is 6.54 Å². The minimum Gasteiger partial charge on any atom is -0.379 e. The molecule has 2 aromatic heterocycles. The van der Waals surface area contributed by atoms with Crippen molar-refractivity contribution >= 4 is 29.9 Å². The molecule has 1 saturated heterocycles. The lowest BCUT2D eigenvalue weighted by Crippen LogP contribution is -2.56. The van der Waals surface area contributed by atoms with Crippen LogP contribution in [0.15, 0.2) is 35.7 Å². The van der Waals surface area contributed by atoms with E-state index in [-0.39, 0.29) is 29.5 Å². The van der Waals surface area contributed by atoms with Crippen LogP contribution in [0.1, 0.15) is 32.2 Å². The number of aryl methyl sites for hydroxylation is 1. The molecule has 0 atom stereocenters. The van der Waals surface area contributed by atoms with Crippen molar-refractivity contribution in [3.05, 3.63) is 42.1 Å². The Balaban J connectivity index is 0.00000320. The van der Waals surface area contributed by atoms with E-state index in [1.54, 1.807) is 6.20 Å². The van der Waals surface area contributed by atoms with Crippen LogP contribution >= 0.6 is 24.0 Å². The number of aromatic nitrogens is 3. The summed E-state index contributed by atoms with van der Waals surface area (Å²) in [6.45, 7) is 14.3. The Morgan fingerprint density at radius 3 is 2.57 bits per heavy atom. The monoisotopic (exact) mass is 527 g/mol. The zero-order valence-electron chi connectivity index (χ0n) is 18.4. The second-order valence-corrected chi connectivity index (χ2v) is 7.83. The van der Waals surface area contributed by atoms with Gasteiger partial charge in [0.15, 0.2) is 5.96 Å². The number of aliphatic imine (C=N–C) groups is 1. The zero-order valence-corrected chi connectivity index (χ0v) is 20.7. The number of pyridine rings is 1. The summed E-state index contributed by atoms with van der Waals surface area (Å²) in [5, 5.41) is 6.83. The Morgan fingerprint density at radius 2 is 1.97 bits per heavy atom. The molecule has 0 unspecified atom stereocenters. The number of hydrogen-bond donors (Lipinski definition) is 2. The van der Waals surface area contributed by atoms with Gasteiger partial charge in [0.05, 0.1) is 19.8 Å². The summed E-state index contributed by atoms with van der Waals surface area (Å²) in [4.78, 5) is 16.0. The summed E-state index contributed by atoms with van der Waals surface area (Å²) in [7, 11) is 0. The van der Waals surface area contributed by atoms with Crippen molar-refractivity contribution in [3.63, 3.8) is 0 Å². The number of hydrogen-bond acceptors (Lipinski definition) is 5. The minimum atomic E-state index is 0. The summed E-state index contributed by atoms with van der Waals surface area (Å²) < 4.78 is 7.44. The van der Waals surface area contributed by atoms with Crippen molar-refractivity contribution in [2.75, 3.05) is 39.4 Å². The third-order valence-electron chi connectivity index (χ3n) is 5.20. The van der Waals surface area contributed by atoms with Crippen LogP contribution in [0.25, 0.3) is 5.82 Å². The fourth-order valence-electron chi connectivity index (χ4n) is 3.37. The topological polar surface area (TPSA) is 79.6 Å². The summed E-state index contributed by atoms with van der Waals surface area (Å²) >= 11 is 0. The number of ether oxygens (including phenoxy) is 1. The lowest BCUT2D eigenvalue weighted by Gasteiger charge is -2.41. The number of rotatable bonds is 7. The Labute approximate surface area is 196 Å². The number of nitrogens with one attached hydrogen (secondary N) is 2. The Hall–Kier alpha value is -1.72. The molecule has 166 valence electrons. The molecule has 9 heteroatoms. The molecule has 3 heterocycles. The van der Waals surface area contributed by atoms with Crippen LogP contribution in [0.5, 0.6) is 0 Å². The normalized spacial score (nSPS) is 15.5. The maximum Gasteiger partial charge on any atom is 0.191 e. The molecule has 0 amide bonds. The Morgan fingerprint density at radius 1 is 1.20 bits per heavy atom. The van der Waals surface area contributed by atoms with Gasteiger partial charge in [-0.2, -0.15) is 0 Å². The van der Waals surface area contributed by atoms with E-state index in [2.05, 4.69) is 52.3 Å². The molecule has 0 bridgehead atoms. The van der Waals surface area contributed by atoms with Gasteiger partial charge in [0.25, 0.3) is 0 Å². The van der Waals surface area contributed by atoms with Crippen molar-refractivity contribution in [2.45, 2.75) is 39.8 Å². The number of guanidine groups is 1. The van der Waals surface area contributed by atoms with E-state index in [1.165, 1.54) is 0 Å². The SMILES string of the molecule is CCNC(=NCc1ccc(-n2ccnc2C)nc1)NCC(C)(C)N1CCOCC1.I. The molecule has 3 rings (SSSR count). The number of imidazole rings is 1. The third kappa shape index (κ3) is 6.64. The van der Waals surface area contributed by atoms with E-state index >= 15 is 0 Å². The molecule has 1 fully saturated rings. The van der Waals surface area contributed by atoms with Gasteiger partial charge in [-0.05, 0) is 39.3 Å². The van der Waals surface area contributed by atoms with Gasteiger partial charge in [-0.1, -0.05) is 6.07 Å². The largest absolute Gasteiger partial charge is 0.379 e. The van der Waals surface area contributed by atoms with E-state index in [1.807, 2.05) is 30.0 Å².